The molecular weight excluding hydrogens is 488 g/mol. The van der Waals surface area contributed by atoms with Crippen LogP contribution in [0.2, 0.25) is 0 Å². The maximum atomic E-state index is 11.4. The Bertz CT molecular complexity index is 1010. The molecule has 0 unspecified atom stereocenters. The first-order chi connectivity index (χ1) is 17.6. The third-order valence-corrected chi connectivity index (χ3v) is 4.75. The Hall–Kier alpha value is -3.82. The number of hydrogen-bond donors (Lipinski definition) is 3. The number of nitrogen functional groups attached to an aromatic ring is 1. The van der Waals surface area contributed by atoms with Gasteiger partial charge in [0.2, 0.25) is 0 Å². The lowest BCUT2D eigenvalue weighted by Crippen LogP contribution is -2.33. The van der Waals surface area contributed by atoms with Gasteiger partial charge >= 0.3 is 12.2 Å². The van der Waals surface area contributed by atoms with Crippen LogP contribution in [0.3, 0.4) is 0 Å². The molecule has 0 aliphatic carbocycles. The molecule has 2 rings (SSSR count). The van der Waals surface area contributed by atoms with Crippen molar-refractivity contribution >= 4 is 23.6 Å². The number of rotatable bonds is 9. The molecule has 2 aromatic rings. The summed E-state index contributed by atoms with van der Waals surface area (Å²) in [6.07, 6.45) is 2.49. The quantitative estimate of drug-likeness (QED) is 0.161. The van der Waals surface area contributed by atoms with Crippen molar-refractivity contribution in [2.24, 2.45) is 0 Å². The number of ether oxygens (including phenoxy) is 2. The van der Waals surface area contributed by atoms with Crippen LogP contribution in [-0.2, 0) is 22.3 Å². The summed E-state index contributed by atoms with van der Waals surface area (Å²) in [6.45, 7) is 12.1. The van der Waals surface area contributed by atoms with E-state index in [2.05, 4.69) is 10.6 Å². The average Bonchev–Trinajstić information content (AvgIpc) is 2.79. The molecule has 0 bridgehead atoms. The molecule has 0 aromatic heterocycles. The van der Waals surface area contributed by atoms with Crippen molar-refractivity contribution in [2.75, 3.05) is 18.8 Å². The van der Waals surface area contributed by atoms with Gasteiger partial charge in [-0.3, -0.25) is 10.1 Å². The van der Waals surface area contributed by atoms with Gasteiger partial charge in [-0.25, -0.2) is 9.59 Å². The number of nitrogens with zero attached hydrogens (tertiary/aromatic N) is 1. The summed E-state index contributed by atoms with van der Waals surface area (Å²) in [5, 5.41) is 15.9. The van der Waals surface area contributed by atoms with Gasteiger partial charge in [-0.15, -0.1) is 0 Å². The second-order valence-electron chi connectivity index (χ2n) is 10.7. The highest BCUT2D eigenvalue weighted by Gasteiger charge is 2.16. The Kier molecular flexibility index (Phi) is 13.1. The van der Waals surface area contributed by atoms with Gasteiger partial charge in [0.05, 0.1) is 4.92 Å². The molecule has 0 aliphatic rings. The van der Waals surface area contributed by atoms with E-state index in [1.807, 2.05) is 65.8 Å². The van der Waals surface area contributed by atoms with E-state index in [1.54, 1.807) is 12.1 Å². The second-order valence-corrected chi connectivity index (χ2v) is 10.7. The molecule has 4 N–H and O–H groups in total. The third-order valence-electron chi connectivity index (χ3n) is 4.75. The van der Waals surface area contributed by atoms with Gasteiger partial charge in [-0.05, 0) is 90.5 Å². The molecular formula is C28H42N4O6. The smallest absolute Gasteiger partial charge is 0.407 e. The Morgan fingerprint density at radius 1 is 0.763 bits per heavy atom. The zero-order valence-corrected chi connectivity index (χ0v) is 23.3. The molecule has 38 heavy (non-hydrogen) atoms. The molecule has 2 amide bonds. The summed E-state index contributed by atoms with van der Waals surface area (Å²) in [7, 11) is 0. The number of carbonyl (C=O) groups is 2. The van der Waals surface area contributed by atoms with Crippen molar-refractivity contribution in [1.29, 1.82) is 0 Å². The van der Waals surface area contributed by atoms with Gasteiger partial charge in [0, 0.05) is 30.9 Å². The average molecular weight is 531 g/mol. The fraction of sp³-hybridized carbons (Fsp3) is 0.500. The number of alkyl carbamates (subject to hydrolysis) is 2. The highest BCUT2D eigenvalue weighted by Crippen LogP contribution is 2.13. The van der Waals surface area contributed by atoms with Crippen LogP contribution in [0.25, 0.3) is 0 Å². The molecule has 0 atom stereocenters. The molecule has 0 saturated carbocycles. The maximum Gasteiger partial charge on any atom is 0.407 e. The Morgan fingerprint density at radius 3 is 1.47 bits per heavy atom. The number of nitro groups is 1. The number of benzene rings is 2. The monoisotopic (exact) mass is 530 g/mol. The predicted molar refractivity (Wildman–Crippen MR) is 149 cm³/mol. The number of hydrogen-bond acceptors (Lipinski definition) is 7. The number of non-ortho nitro benzene ring substituents is 1. The SMILES string of the molecule is CC(C)(C)OC(=O)NCCCc1ccc(N)cc1.CC(C)(C)OC(=O)NCCCc1ccc([N+](=O)[O-])cc1. The van der Waals surface area contributed by atoms with Gasteiger partial charge in [0.1, 0.15) is 11.2 Å². The normalized spacial score (nSPS) is 11.0. The van der Waals surface area contributed by atoms with Gasteiger partial charge in [0.25, 0.3) is 5.69 Å². The summed E-state index contributed by atoms with van der Waals surface area (Å²) in [6, 6.07) is 14.2. The van der Waals surface area contributed by atoms with Crippen LogP contribution in [0, 0.1) is 10.1 Å². The lowest BCUT2D eigenvalue weighted by Gasteiger charge is -2.19. The Labute approximate surface area is 225 Å². The van der Waals surface area contributed by atoms with E-state index < -0.39 is 22.2 Å². The maximum absolute atomic E-state index is 11.4. The van der Waals surface area contributed by atoms with Crippen LogP contribution >= 0.6 is 0 Å². The third kappa shape index (κ3) is 16.0. The Balaban J connectivity index is 0.000000382. The number of nitrogens with one attached hydrogen (secondary N) is 2. The van der Waals surface area contributed by atoms with Crippen molar-refractivity contribution in [3.8, 4) is 0 Å². The van der Waals surface area contributed by atoms with E-state index >= 15 is 0 Å². The molecule has 2 aromatic carbocycles. The number of amides is 2. The van der Waals surface area contributed by atoms with Gasteiger partial charge in [-0.1, -0.05) is 24.3 Å². The summed E-state index contributed by atoms with van der Waals surface area (Å²) in [4.78, 5) is 32.8. The lowest BCUT2D eigenvalue weighted by molar-refractivity contribution is -0.384. The van der Waals surface area contributed by atoms with Crippen LogP contribution < -0.4 is 16.4 Å². The minimum atomic E-state index is -0.498. The fourth-order valence-electron chi connectivity index (χ4n) is 3.06. The number of nitrogens with two attached hydrogens (primary N) is 1. The molecule has 0 aliphatic heterocycles. The van der Waals surface area contributed by atoms with Crippen molar-refractivity contribution in [3.05, 3.63) is 69.8 Å². The molecule has 10 heteroatoms. The molecule has 0 fully saturated rings. The topological polar surface area (TPSA) is 146 Å². The lowest BCUT2D eigenvalue weighted by atomic mass is 10.1. The zero-order valence-electron chi connectivity index (χ0n) is 23.3. The summed E-state index contributed by atoms with van der Waals surface area (Å²) in [5.74, 6) is 0. The number of carbonyl (C=O) groups excluding carboxylic acids is 2. The van der Waals surface area contributed by atoms with Crippen molar-refractivity contribution in [3.63, 3.8) is 0 Å². The van der Waals surface area contributed by atoms with E-state index in [9.17, 15) is 19.7 Å². The first-order valence-corrected chi connectivity index (χ1v) is 12.7. The van der Waals surface area contributed by atoms with E-state index in [-0.39, 0.29) is 11.8 Å². The first-order valence-electron chi connectivity index (χ1n) is 12.7. The molecule has 0 saturated heterocycles. The zero-order chi connectivity index (χ0) is 28.8. The second kappa shape index (κ2) is 15.4. The van der Waals surface area contributed by atoms with Crippen LogP contribution in [0.5, 0.6) is 0 Å². The highest BCUT2D eigenvalue weighted by atomic mass is 16.6. The minimum Gasteiger partial charge on any atom is -0.444 e. The minimum absolute atomic E-state index is 0.0839. The summed E-state index contributed by atoms with van der Waals surface area (Å²) < 4.78 is 10.2. The predicted octanol–water partition coefficient (Wildman–Crippen LogP) is 5.78. The van der Waals surface area contributed by atoms with Crippen LogP contribution in [-0.4, -0.2) is 41.4 Å². The van der Waals surface area contributed by atoms with Crippen LogP contribution in [0.1, 0.15) is 65.5 Å². The fourth-order valence-corrected chi connectivity index (χ4v) is 3.06. The molecule has 0 radical (unpaired) electrons. The number of anilines is 1. The van der Waals surface area contributed by atoms with Crippen LogP contribution in [0.4, 0.5) is 21.0 Å². The standard InChI is InChI=1S/C14H20N2O4.C14H22N2O2/c1-14(2,3)20-13(17)15-10-4-5-11-6-8-12(9-7-11)16(18)19;1-14(2,3)18-13(17)16-10-4-5-11-6-8-12(15)9-7-11/h6-9H,4-5,10H2,1-3H3,(H,15,17);6-9H,4-5,10,15H2,1-3H3,(H,16,17). The van der Waals surface area contributed by atoms with E-state index in [4.69, 9.17) is 15.2 Å². The molecule has 0 heterocycles. The summed E-state index contributed by atoms with van der Waals surface area (Å²) in [5.41, 5.74) is 7.74. The highest BCUT2D eigenvalue weighted by molar-refractivity contribution is 5.67. The van der Waals surface area contributed by atoms with Gasteiger partial charge in [0.15, 0.2) is 0 Å². The van der Waals surface area contributed by atoms with Crippen molar-refractivity contribution in [1.82, 2.24) is 10.6 Å². The van der Waals surface area contributed by atoms with E-state index in [1.165, 1.54) is 17.7 Å². The van der Waals surface area contributed by atoms with Crippen molar-refractivity contribution < 1.29 is 24.0 Å². The summed E-state index contributed by atoms with van der Waals surface area (Å²) >= 11 is 0. The number of aryl methyl sites for hydroxylation is 2. The van der Waals surface area contributed by atoms with E-state index in [0.717, 1.165) is 36.9 Å². The molecule has 10 nitrogen and oxygen atoms in total. The molecule has 210 valence electrons. The van der Waals surface area contributed by atoms with E-state index in [0.29, 0.717) is 13.1 Å². The number of nitro benzene ring substituents is 1. The van der Waals surface area contributed by atoms with Crippen molar-refractivity contribution in [2.45, 2.75) is 78.4 Å². The first kappa shape index (κ1) is 32.2. The van der Waals surface area contributed by atoms with Gasteiger partial charge < -0.3 is 25.8 Å². The molecule has 0 spiro atoms. The largest absolute Gasteiger partial charge is 0.444 e. The van der Waals surface area contributed by atoms with Crippen LogP contribution in [0.15, 0.2) is 48.5 Å². The Morgan fingerprint density at radius 2 is 1.13 bits per heavy atom. The van der Waals surface area contributed by atoms with Gasteiger partial charge in [-0.2, -0.15) is 0 Å².